The molecule has 1 aromatic heterocycles. The highest BCUT2D eigenvalue weighted by molar-refractivity contribution is 9.09. The summed E-state index contributed by atoms with van der Waals surface area (Å²) in [6, 6.07) is 14.8. The summed E-state index contributed by atoms with van der Waals surface area (Å²) in [6.07, 6.45) is 2.84. The van der Waals surface area contributed by atoms with E-state index in [0.29, 0.717) is 0 Å². The molecule has 0 aliphatic rings. The van der Waals surface area contributed by atoms with Crippen LogP contribution in [0.1, 0.15) is 27.1 Å². The third-order valence-electron chi connectivity index (χ3n) is 3.75. The van der Waals surface area contributed by atoms with E-state index < -0.39 is 0 Å². The Labute approximate surface area is 127 Å². The van der Waals surface area contributed by atoms with Crippen LogP contribution < -0.4 is 0 Å². The van der Waals surface area contributed by atoms with Gasteiger partial charge in [0.25, 0.3) is 0 Å². The molecule has 3 aromatic rings. The first-order valence-corrected chi connectivity index (χ1v) is 7.73. The number of halogens is 1. The second-order valence-electron chi connectivity index (χ2n) is 5.29. The summed E-state index contributed by atoms with van der Waals surface area (Å²) in [5, 5.41) is 1.19. The van der Waals surface area contributed by atoms with Crippen LogP contribution in [0.3, 0.4) is 0 Å². The number of hydrogen-bond donors (Lipinski definition) is 0. The molecule has 0 saturated heterocycles. The van der Waals surface area contributed by atoms with Crippen LogP contribution in [-0.2, 0) is 6.42 Å². The van der Waals surface area contributed by atoms with Crippen molar-refractivity contribution in [3.05, 3.63) is 71.0 Å². The highest BCUT2D eigenvalue weighted by Gasteiger charge is 2.15. The fourth-order valence-electron chi connectivity index (χ4n) is 2.56. The fourth-order valence-corrected chi connectivity index (χ4v) is 3.27. The van der Waals surface area contributed by atoms with Gasteiger partial charge in [0.2, 0.25) is 0 Å². The van der Waals surface area contributed by atoms with Crippen LogP contribution in [-0.4, -0.2) is 0 Å². The molecule has 3 rings (SSSR count). The summed E-state index contributed by atoms with van der Waals surface area (Å²) in [7, 11) is 0. The summed E-state index contributed by atoms with van der Waals surface area (Å²) in [6.45, 7) is 4.31. The van der Waals surface area contributed by atoms with Crippen LogP contribution in [0.4, 0.5) is 0 Å². The number of furan rings is 1. The van der Waals surface area contributed by atoms with E-state index >= 15 is 0 Å². The maximum absolute atomic E-state index is 5.63. The Hall–Kier alpha value is -1.54. The Morgan fingerprint density at radius 3 is 2.75 bits per heavy atom. The number of alkyl halides is 1. The van der Waals surface area contributed by atoms with Crippen LogP contribution in [0.5, 0.6) is 0 Å². The van der Waals surface area contributed by atoms with Gasteiger partial charge in [-0.3, -0.25) is 0 Å². The van der Waals surface area contributed by atoms with Crippen LogP contribution in [0.2, 0.25) is 0 Å². The van der Waals surface area contributed by atoms with Gasteiger partial charge in [0, 0.05) is 15.8 Å². The Morgan fingerprint density at radius 2 is 1.90 bits per heavy atom. The van der Waals surface area contributed by atoms with E-state index in [1.807, 2.05) is 18.4 Å². The first kappa shape index (κ1) is 13.4. The summed E-state index contributed by atoms with van der Waals surface area (Å²) >= 11 is 3.82. The number of para-hydroxylation sites is 1. The Morgan fingerprint density at radius 1 is 1.10 bits per heavy atom. The number of benzene rings is 2. The second kappa shape index (κ2) is 5.45. The van der Waals surface area contributed by atoms with Crippen LogP contribution >= 0.6 is 15.9 Å². The molecule has 102 valence electrons. The summed E-state index contributed by atoms with van der Waals surface area (Å²) in [4.78, 5) is 0.270. The molecule has 0 spiro atoms. The monoisotopic (exact) mass is 328 g/mol. The molecule has 0 saturated carbocycles. The van der Waals surface area contributed by atoms with Crippen LogP contribution in [0, 0.1) is 13.8 Å². The van der Waals surface area contributed by atoms with Gasteiger partial charge in [-0.25, -0.2) is 0 Å². The van der Waals surface area contributed by atoms with Crippen LogP contribution in [0.25, 0.3) is 11.0 Å². The van der Waals surface area contributed by atoms with E-state index in [0.717, 1.165) is 12.0 Å². The zero-order valence-electron chi connectivity index (χ0n) is 11.7. The maximum atomic E-state index is 5.63. The van der Waals surface area contributed by atoms with Gasteiger partial charge in [-0.15, -0.1) is 0 Å². The number of fused-ring (bicyclic) bond motifs is 1. The van der Waals surface area contributed by atoms with Gasteiger partial charge in [0.05, 0.1) is 6.26 Å². The minimum atomic E-state index is 0.270. The second-order valence-corrected chi connectivity index (χ2v) is 6.39. The molecule has 0 radical (unpaired) electrons. The molecular formula is C18H17BrO. The number of rotatable bonds is 3. The lowest BCUT2D eigenvalue weighted by atomic mass is 9.98. The smallest absolute Gasteiger partial charge is 0.134 e. The maximum Gasteiger partial charge on any atom is 0.134 e. The van der Waals surface area contributed by atoms with Gasteiger partial charge < -0.3 is 4.42 Å². The van der Waals surface area contributed by atoms with Gasteiger partial charge in [0.15, 0.2) is 0 Å². The largest absolute Gasteiger partial charge is 0.464 e. The quantitative estimate of drug-likeness (QED) is 0.559. The predicted molar refractivity (Wildman–Crippen MR) is 87.5 cm³/mol. The van der Waals surface area contributed by atoms with Crippen molar-refractivity contribution < 1.29 is 4.42 Å². The van der Waals surface area contributed by atoms with E-state index in [9.17, 15) is 0 Å². The van der Waals surface area contributed by atoms with Crippen molar-refractivity contribution in [3.8, 4) is 0 Å². The summed E-state index contributed by atoms with van der Waals surface area (Å²) in [5.41, 5.74) is 6.21. The lowest BCUT2D eigenvalue weighted by Gasteiger charge is -2.12. The first-order valence-electron chi connectivity index (χ1n) is 6.81. The lowest BCUT2D eigenvalue weighted by molar-refractivity contribution is 0.609. The van der Waals surface area contributed by atoms with Crippen molar-refractivity contribution in [2.75, 3.05) is 0 Å². The minimum absolute atomic E-state index is 0.270. The number of aryl methyl sites for hydroxylation is 2. The van der Waals surface area contributed by atoms with Crippen molar-refractivity contribution in [2.24, 2.45) is 0 Å². The molecule has 0 aliphatic heterocycles. The van der Waals surface area contributed by atoms with E-state index in [-0.39, 0.29) is 4.83 Å². The molecule has 1 unspecified atom stereocenters. The molecule has 0 N–H and O–H groups in total. The topological polar surface area (TPSA) is 13.1 Å². The molecule has 0 bridgehead atoms. The van der Waals surface area contributed by atoms with Crippen molar-refractivity contribution in [1.82, 2.24) is 0 Å². The lowest BCUT2D eigenvalue weighted by Crippen LogP contribution is -1.97. The average Bonchev–Trinajstić information content (AvgIpc) is 2.87. The molecule has 0 aliphatic carbocycles. The van der Waals surface area contributed by atoms with Crippen LogP contribution in [0.15, 0.2) is 53.1 Å². The van der Waals surface area contributed by atoms with Gasteiger partial charge in [0.1, 0.15) is 5.58 Å². The van der Waals surface area contributed by atoms with Crippen molar-refractivity contribution >= 4 is 26.9 Å². The minimum Gasteiger partial charge on any atom is -0.464 e. The average molecular weight is 329 g/mol. The highest BCUT2D eigenvalue weighted by Crippen LogP contribution is 2.34. The van der Waals surface area contributed by atoms with Gasteiger partial charge in [-0.2, -0.15) is 0 Å². The Kier molecular flexibility index (Phi) is 3.66. The van der Waals surface area contributed by atoms with Crippen molar-refractivity contribution in [1.29, 1.82) is 0 Å². The third kappa shape index (κ3) is 2.53. The zero-order valence-corrected chi connectivity index (χ0v) is 13.3. The van der Waals surface area contributed by atoms with Gasteiger partial charge in [-0.1, -0.05) is 57.9 Å². The van der Waals surface area contributed by atoms with Crippen molar-refractivity contribution in [2.45, 2.75) is 25.1 Å². The molecule has 1 atom stereocenters. The van der Waals surface area contributed by atoms with Gasteiger partial charge in [-0.05, 0) is 37.5 Å². The summed E-state index contributed by atoms with van der Waals surface area (Å²) in [5.74, 6) is 0. The molecule has 1 heterocycles. The standard InChI is InChI=1S/C18H17BrO/c1-12-7-8-13(2)14(9-12)10-17(19)16-11-20-18-6-4-3-5-15(16)18/h3-9,11,17H,10H2,1-2H3. The SMILES string of the molecule is Cc1ccc(C)c(CC(Br)c2coc3ccccc23)c1. The van der Waals surface area contributed by atoms with E-state index in [1.165, 1.54) is 27.6 Å². The molecule has 0 amide bonds. The molecule has 20 heavy (non-hydrogen) atoms. The third-order valence-corrected chi connectivity index (χ3v) is 4.57. The Balaban J connectivity index is 1.93. The van der Waals surface area contributed by atoms with E-state index in [4.69, 9.17) is 4.42 Å². The Bertz CT molecular complexity index is 742. The molecule has 0 fully saturated rings. The first-order chi connectivity index (χ1) is 9.65. The molecule has 2 aromatic carbocycles. The molecule has 2 heteroatoms. The van der Waals surface area contributed by atoms with Gasteiger partial charge >= 0.3 is 0 Å². The summed E-state index contributed by atoms with van der Waals surface area (Å²) < 4.78 is 5.63. The van der Waals surface area contributed by atoms with E-state index in [2.05, 4.69) is 60.1 Å². The fraction of sp³-hybridized carbons (Fsp3) is 0.222. The number of hydrogen-bond acceptors (Lipinski definition) is 1. The highest BCUT2D eigenvalue weighted by atomic mass is 79.9. The molecule has 1 nitrogen and oxygen atoms in total. The predicted octanol–water partition coefficient (Wildman–Crippen LogP) is 5.73. The molecular weight excluding hydrogens is 312 g/mol. The normalized spacial score (nSPS) is 12.8. The van der Waals surface area contributed by atoms with Crippen molar-refractivity contribution in [3.63, 3.8) is 0 Å². The zero-order chi connectivity index (χ0) is 14.1. The van der Waals surface area contributed by atoms with E-state index in [1.54, 1.807) is 0 Å².